The molecule has 0 unspecified atom stereocenters. The summed E-state index contributed by atoms with van der Waals surface area (Å²) in [7, 11) is -2.76. The van der Waals surface area contributed by atoms with Gasteiger partial charge < -0.3 is 14.0 Å². The molecule has 0 spiro atoms. The van der Waals surface area contributed by atoms with Crippen LogP contribution in [-0.2, 0) is 19.6 Å². The Bertz CT molecular complexity index is 870. The van der Waals surface area contributed by atoms with Crippen LogP contribution in [0.5, 0.6) is 5.75 Å². The molecule has 24 heavy (non-hydrogen) atoms. The van der Waals surface area contributed by atoms with E-state index in [1.807, 2.05) is 0 Å². The van der Waals surface area contributed by atoms with E-state index in [1.54, 1.807) is 31.2 Å². The first-order valence-corrected chi connectivity index (χ1v) is 8.59. The SMILES string of the molecule is COC(=O)[C@H]1CN(S(=O)(=O)c2c(C)noc2C)c2ccccc2O1. The van der Waals surface area contributed by atoms with Gasteiger partial charge in [-0.25, -0.2) is 13.2 Å². The number of carbonyl (C=O) groups excluding carboxylic acids is 1. The van der Waals surface area contributed by atoms with E-state index in [-0.39, 0.29) is 28.6 Å². The number of aryl methyl sites for hydroxylation is 2. The van der Waals surface area contributed by atoms with Crippen LogP contribution in [0.2, 0.25) is 0 Å². The highest BCUT2D eigenvalue weighted by molar-refractivity contribution is 7.93. The summed E-state index contributed by atoms with van der Waals surface area (Å²) in [4.78, 5) is 11.9. The lowest BCUT2D eigenvalue weighted by molar-refractivity contribution is -0.148. The Balaban J connectivity index is 2.13. The van der Waals surface area contributed by atoms with Crippen molar-refractivity contribution < 1.29 is 27.2 Å². The minimum Gasteiger partial charge on any atom is -0.475 e. The summed E-state index contributed by atoms with van der Waals surface area (Å²) in [6, 6.07) is 6.59. The molecular formula is C15H16N2O6S. The van der Waals surface area contributed by atoms with Crippen LogP contribution in [0.3, 0.4) is 0 Å². The van der Waals surface area contributed by atoms with E-state index in [0.717, 1.165) is 4.31 Å². The molecule has 0 aliphatic carbocycles. The normalized spacial score (nSPS) is 17.1. The first-order chi connectivity index (χ1) is 11.4. The van der Waals surface area contributed by atoms with Gasteiger partial charge in [-0.15, -0.1) is 0 Å². The van der Waals surface area contributed by atoms with Gasteiger partial charge >= 0.3 is 5.97 Å². The van der Waals surface area contributed by atoms with Crippen LogP contribution in [0.4, 0.5) is 5.69 Å². The Hall–Kier alpha value is -2.55. The monoisotopic (exact) mass is 352 g/mol. The number of para-hydroxylation sites is 2. The summed E-state index contributed by atoms with van der Waals surface area (Å²) in [6.07, 6.45) is -1.06. The predicted octanol–water partition coefficient (Wildman–Crippen LogP) is 1.42. The summed E-state index contributed by atoms with van der Waals surface area (Å²) >= 11 is 0. The molecule has 1 aromatic carbocycles. The Morgan fingerprint density at radius 2 is 2.04 bits per heavy atom. The third-order valence-corrected chi connectivity index (χ3v) is 5.74. The molecule has 0 N–H and O–H groups in total. The van der Waals surface area contributed by atoms with Crippen LogP contribution >= 0.6 is 0 Å². The molecule has 1 aliphatic heterocycles. The number of esters is 1. The second-order valence-corrected chi connectivity index (χ2v) is 7.09. The molecule has 1 aromatic heterocycles. The minimum atomic E-state index is -3.98. The van der Waals surface area contributed by atoms with Gasteiger partial charge in [-0.05, 0) is 26.0 Å². The number of rotatable bonds is 3. The van der Waals surface area contributed by atoms with Crippen LogP contribution in [0, 0.1) is 13.8 Å². The summed E-state index contributed by atoms with van der Waals surface area (Å²) in [6.45, 7) is 2.88. The van der Waals surface area contributed by atoms with Gasteiger partial charge in [0, 0.05) is 0 Å². The zero-order chi connectivity index (χ0) is 17.5. The van der Waals surface area contributed by atoms with Crippen molar-refractivity contribution in [2.24, 2.45) is 0 Å². The number of methoxy groups -OCH3 is 1. The Morgan fingerprint density at radius 3 is 2.67 bits per heavy atom. The van der Waals surface area contributed by atoms with E-state index in [0.29, 0.717) is 5.69 Å². The Kier molecular flexibility index (Phi) is 3.96. The molecule has 1 atom stereocenters. The molecule has 2 heterocycles. The summed E-state index contributed by atoms with van der Waals surface area (Å²) in [5.41, 5.74) is 0.601. The van der Waals surface area contributed by atoms with Crippen LogP contribution < -0.4 is 9.04 Å². The van der Waals surface area contributed by atoms with E-state index in [9.17, 15) is 13.2 Å². The van der Waals surface area contributed by atoms with Crippen molar-refractivity contribution in [1.82, 2.24) is 5.16 Å². The fourth-order valence-electron chi connectivity index (χ4n) is 2.64. The van der Waals surface area contributed by atoms with Crippen LogP contribution in [-0.4, -0.2) is 39.3 Å². The molecule has 0 saturated heterocycles. The minimum absolute atomic E-state index is 0.0113. The first-order valence-electron chi connectivity index (χ1n) is 7.15. The second kappa shape index (κ2) is 5.82. The zero-order valence-corrected chi connectivity index (χ0v) is 14.2. The average molecular weight is 352 g/mol. The number of fused-ring (bicyclic) bond motifs is 1. The van der Waals surface area contributed by atoms with Gasteiger partial charge in [-0.2, -0.15) is 0 Å². The molecule has 0 fully saturated rings. The van der Waals surface area contributed by atoms with Gasteiger partial charge in [0.25, 0.3) is 10.0 Å². The third-order valence-electron chi connectivity index (χ3n) is 3.71. The van der Waals surface area contributed by atoms with Crippen molar-refractivity contribution in [3.8, 4) is 5.75 Å². The number of hydrogen-bond acceptors (Lipinski definition) is 7. The summed E-state index contributed by atoms with van der Waals surface area (Å²) in [5, 5.41) is 3.70. The lowest BCUT2D eigenvalue weighted by atomic mass is 10.2. The lowest BCUT2D eigenvalue weighted by Crippen LogP contribution is -2.47. The molecule has 3 rings (SSSR count). The van der Waals surface area contributed by atoms with E-state index >= 15 is 0 Å². The molecule has 0 amide bonds. The third kappa shape index (κ3) is 2.50. The number of hydrogen-bond donors (Lipinski definition) is 0. The van der Waals surface area contributed by atoms with Gasteiger partial charge in [0.2, 0.25) is 6.10 Å². The number of sulfonamides is 1. The molecule has 0 saturated carbocycles. The molecule has 1 aliphatic rings. The molecule has 0 radical (unpaired) electrons. The standard InChI is InChI=1S/C15H16N2O6S/c1-9-14(10(2)23-16-9)24(19,20)17-8-13(15(18)21-3)22-12-7-5-4-6-11(12)17/h4-7,13H,8H2,1-3H3/t13-/m1/s1. The zero-order valence-electron chi connectivity index (χ0n) is 13.3. The van der Waals surface area contributed by atoms with Crippen molar-refractivity contribution in [2.75, 3.05) is 18.0 Å². The molecule has 2 aromatic rings. The Labute approximate surface area is 139 Å². The van der Waals surface area contributed by atoms with Gasteiger partial charge in [0.05, 0.1) is 19.3 Å². The number of carbonyl (C=O) groups is 1. The summed E-state index contributed by atoms with van der Waals surface area (Å²) in [5.74, 6) is -0.177. The van der Waals surface area contributed by atoms with Gasteiger partial charge in [0.15, 0.2) is 10.7 Å². The number of benzene rings is 1. The first kappa shape index (κ1) is 16.3. The topological polar surface area (TPSA) is 98.9 Å². The molecule has 128 valence electrons. The number of ether oxygens (including phenoxy) is 2. The van der Waals surface area contributed by atoms with Crippen molar-refractivity contribution in [3.63, 3.8) is 0 Å². The van der Waals surface area contributed by atoms with Crippen molar-refractivity contribution in [1.29, 1.82) is 0 Å². The maximum Gasteiger partial charge on any atom is 0.348 e. The second-order valence-electron chi connectivity index (χ2n) is 5.29. The maximum atomic E-state index is 13.1. The molecular weight excluding hydrogens is 336 g/mol. The van der Waals surface area contributed by atoms with Crippen LogP contribution in [0.15, 0.2) is 33.7 Å². The Morgan fingerprint density at radius 1 is 1.33 bits per heavy atom. The highest BCUT2D eigenvalue weighted by Crippen LogP contribution is 2.38. The van der Waals surface area contributed by atoms with Gasteiger partial charge in [0.1, 0.15) is 11.4 Å². The van der Waals surface area contributed by atoms with Crippen molar-refractivity contribution >= 4 is 21.7 Å². The highest BCUT2D eigenvalue weighted by atomic mass is 32.2. The summed E-state index contributed by atoms with van der Waals surface area (Å²) < 4.78 is 42.6. The van der Waals surface area contributed by atoms with Gasteiger partial charge in [-0.3, -0.25) is 4.31 Å². The lowest BCUT2D eigenvalue weighted by Gasteiger charge is -2.33. The molecule has 0 bridgehead atoms. The van der Waals surface area contributed by atoms with E-state index in [1.165, 1.54) is 14.0 Å². The van der Waals surface area contributed by atoms with Crippen molar-refractivity contribution in [2.45, 2.75) is 24.8 Å². The highest BCUT2D eigenvalue weighted by Gasteiger charge is 2.40. The predicted molar refractivity (Wildman–Crippen MR) is 83.4 cm³/mol. The van der Waals surface area contributed by atoms with Gasteiger partial charge in [-0.1, -0.05) is 17.3 Å². The van der Waals surface area contributed by atoms with Crippen LogP contribution in [0.25, 0.3) is 0 Å². The molecule has 9 heteroatoms. The quantitative estimate of drug-likeness (QED) is 0.770. The van der Waals surface area contributed by atoms with E-state index in [4.69, 9.17) is 9.26 Å². The fraction of sp³-hybridized carbons (Fsp3) is 0.333. The average Bonchev–Trinajstić information content (AvgIpc) is 2.92. The van der Waals surface area contributed by atoms with E-state index < -0.39 is 22.1 Å². The number of anilines is 1. The van der Waals surface area contributed by atoms with Crippen LogP contribution in [0.1, 0.15) is 11.5 Å². The number of aromatic nitrogens is 1. The van der Waals surface area contributed by atoms with E-state index in [2.05, 4.69) is 9.89 Å². The smallest absolute Gasteiger partial charge is 0.348 e. The maximum absolute atomic E-state index is 13.1. The largest absolute Gasteiger partial charge is 0.475 e. The number of nitrogens with zero attached hydrogens (tertiary/aromatic N) is 2. The molecule has 8 nitrogen and oxygen atoms in total. The van der Waals surface area contributed by atoms with Crippen molar-refractivity contribution in [3.05, 3.63) is 35.7 Å². The fourth-order valence-corrected chi connectivity index (χ4v) is 4.41.